The zero-order chi connectivity index (χ0) is 11.0. The van der Waals surface area contributed by atoms with E-state index >= 15 is 0 Å². The van der Waals surface area contributed by atoms with Crippen molar-refractivity contribution in [1.29, 1.82) is 0 Å². The van der Waals surface area contributed by atoms with Gasteiger partial charge in [0.15, 0.2) is 5.69 Å². The molecule has 4 nitrogen and oxygen atoms in total. The molecule has 0 saturated carbocycles. The number of rotatable bonds is 2. The molecule has 0 aliphatic rings. The third kappa shape index (κ3) is 1.38. The van der Waals surface area contributed by atoms with E-state index in [-0.39, 0.29) is 5.69 Å². The second kappa shape index (κ2) is 3.38. The largest absolute Gasteiger partial charge is 0.476 e. The van der Waals surface area contributed by atoms with Crippen LogP contribution in [0.5, 0.6) is 0 Å². The van der Waals surface area contributed by atoms with Crippen molar-refractivity contribution in [3.05, 3.63) is 29.5 Å². The van der Waals surface area contributed by atoms with Crippen molar-refractivity contribution in [2.45, 2.75) is 13.3 Å². The number of benzene rings is 1. The first-order valence-electron chi connectivity index (χ1n) is 4.83. The molecule has 0 spiro atoms. The lowest BCUT2D eigenvalue weighted by atomic mass is 10.1. The smallest absolute Gasteiger partial charge is 0.357 e. The topological polar surface area (TPSA) is 55.1 Å². The van der Waals surface area contributed by atoms with Gasteiger partial charge in [0, 0.05) is 12.4 Å². The molecule has 1 N–H and O–H groups in total. The molecule has 0 unspecified atom stereocenters. The van der Waals surface area contributed by atoms with Gasteiger partial charge in [0.25, 0.3) is 0 Å². The summed E-state index contributed by atoms with van der Waals surface area (Å²) in [7, 11) is 1.76. The summed E-state index contributed by atoms with van der Waals surface area (Å²) in [5.74, 6) is -0.971. The van der Waals surface area contributed by atoms with Gasteiger partial charge in [0.05, 0.1) is 5.52 Å². The molecular formula is C11H12N2O2. The Balaban J connectivity index is 2.88. The number of hydrogen-bond donors (Lipinski definition) is 1. The Morgan fingerprint density at radius 3 is 2.87 bits per heavy atom. The molecule has 0 aliphatic heterocycles. The highest BCUT2D eigenvalue weighted by Crippen LogP contribution is 2.22. The summed E-state index contributed by atoms with van der Waals surface area (Å²) < 4.78 is 1.61. The molecule has 2 rings (SSSR count). The lowest BCUT2D eigenvalue weighted by Crippen LogP contribution is -1.99. The van der Waals surface area contributed by atoms with Crippen molar-refractivity contribution in [2.24, 2.45) is 7.05 Å². The van der Waals surface area contributed by atoms with Crippen molar-refractivity contribution >= 4 is 16.9 Å². The van der Waals surface area contributed by atoms with Crippen LogP contribution in [0.2, 0.25) is 0 Å². The third-order valence-electron chi connectivity index (χ3n) is 2.55. The van der Waals surface area contributed by atoms with Crippen LogP contribution in [0, 0.1) is 0 Å². The SMILES string of the molecule is CCc1cccc2c1c(C(=O)O)nn2C. The fourth-order valence-electron chi connectivity index (χ4n) is 1.83. The van der Waals surface area contributed by atoms with Gasteiger partial charge in [0.1, 0.15) is 0 Å². The molecule has 0 aliphatic carbocycles. The van der Waals surface area contributed by atoms with E-state index in [1.54, 1.807) is 11.7 Å². The van der Waals surface area contributed by atoms with E-state index in [0.29, 0.717) is 0 Å². The van der Waals surface area contributed by atoms with Gasteiger partial charge in [-0.1, -0.05) is 19.1 Å². The van der Waals surface area contributed by atoms with Crippen LogP contribution in [0.1, 0.15) is 23.0 Å². The molecule has 0 bridgehead atoms. The number of carboxylic acid groups (broad SMARTS) is 1. The lowest BCUT2D eigenvalue weighted by Gasteiger charge is -1.99. The number of aromatic carboxylic acids is 1. The molecule has 0 atom stereocenters. The average Bonchev–Trinajstić information content (AvgIpc) is 2.56. The van der Waals surface area contributed by atoms with Gasteiger partial charge >= 0.3 is 5.97 Å². The first-order valence-corrected chi connectivity index (χ1v) is 4.83. The molecule has 0 amide bonds. The molecule has 0 radical (unpaired) electrons. The van der Waals surface area contributed by atoms with Gasteiger partial charge in [-0.25, -0.2) is 4.79 Å². The van der Waals surface area contributed by atoms with Gasteiger partial charge < -0.3 is 5.11 Å². The molecule has 78 valence electrons. The maximum absolute atomic E-state index is 11.0. The van der Waals surface area contributed by atoms with Crippen LogP contribution < -0.4 is 0 Å². The highest BCUT2D eigenvalue weighted by Gasteiger charge is 2.16. The van der Waals surface area contributed by atoms with E-state index in [4.69, 9.17) is 5.11 Å². The van der Waals surface area contributed by atoms with E-state index < -0.39 is 5.97 Å². The van der Waals surface area contributed by atoms with Crippen molar-refractivity contribution in [2.75, 3.05) is 0 Å². The van der Waals surface area contributed by atoms with Gasteiger partial charge in [-0.2, -0.15) is 5.10 Å². The Hall–Kier alpha value is -1.84. The summed E-state index contributed by atoms with van der Waals surface area (Å²) in [4.78, 5) is 11.0. The predicted octanol–water partition coefficient (Wildman–Crippen LogP) is 1.83. The lowest BCUT2D eigenvalue weighted by molar-refractivity contribution is 0.0691. The van der Waals surface area contributed by atoms with E-state index in [2.05, 4.69) is 5.10 Å². The van der Waals surface area contributed by atoms with Crippen LogP contribution in [0.3, 0.4) is 0 Å². The normalized spacial score (nSPS) is 10.8. The Morgan fingerprint density at radius 1 is 1.53 bits per heavy atom. The van der Waals surface area contributed by atoms with Crippen molar-refractivity contribution in [3.8, 4) is 0 Å². The van der Waals surface area contributed by atoms with Gasteiger partial charge in [-0.15, -0.1) is 0 Å². The summed E-state index contributed by atoms with van der Waals surface area (Å²) in [6.07, 6.45) is 0.809. The van der Waals surface area contributed by atoms with Gasteiger partial charge in [-0.05, 0) is 18.1 Å². The Kier molecular flexibility index (Phi) is 2.19. The number of hydrogen-bond acceptors (Lipinski definition) is 2. The van der Waals surface area contributed by atoms with Crippen molar-refractivity contribution in [1.82, 2.24) is 9.78 Å². The number of carboxylic acids is 1. The zero-order valence-electron chi connectivity index (χ0n) is 8.69. The minimum Gasteiger partial charge on any atom is -0.476 e. The average molecular weight is 204 g/mol. The summed E-state index contributed by atoms with van der Waals surface area (Å²) in [5, 5.41) is 13.8. The number of fused-ring (bicyclic) bond motifs is 1. The summed E-state index contributed by atoms with van der Waals surface area (Å²) >= 11 is 0. The standard InChI is InChI=1S/C11H12N2O2/c1-3-7-5-4-6-8-9(7)10(11(14)15)12-13(8)2/h4-6H,3H2,1-2H3,(H,14,15). The molecule has 1 aromatic carbocycles. The molecule has 0 saturated heterocycles. The van der Waals surface area contributed by atoms with Crippen molar-refractivity contribution in [3.63, 3.8) is 0 Å². The van der Waals surface area contributed by atoms with Crippen LogP contribution in [0.25, 0.3) is 10.9 Å². The van der Waals surface area contributed by atoms with Crippen LogP contribution in [0.4, 0.5) is 0 Å². The van der Waals surface area contributed by atoms with Crippen LogP contribution in [0.15, 0.2) is 18.2 Å². The van der Waals surface area contributed by atoms with Gasteiger partial charge in [0.2, 0.25) is 0 Å². The second-order valence-corrected chi connectivity index (χ2v) is 3.44. The third-order valence-corrected chi connectivity index (χ3v) is 2.55. The van der Waals surface area contributed by atoms with Crippen molar-refractivity contribution < 1.29 is 9.90 Å². The number of carbonyl (C=O) groups is 1. The van der Waals surface area contributed by atoms with Crippen LogP contribution >= 0.6 is 0 Å². The number of aryl methyl sites for hydroxylation is 2. The predicted molar refractivity (Wildman–Crippen MR) is 57.1 cm³/mol. The Bertz CT molecular complexity index is 529. The number of aromatic nitrogens is 2. The molecular weight excluding hydrogens is 192 g/mol. The van der Waals surface area contributed by atoms with Gasteiger partial charge in [-0.3, -0.25) is 4.68 Å². The Morgan fingerprint density at radius 2 is 2.27 bits per heavy atom. The molecule has 2 aromatic rings. The second-order valence-electron chi connectivity index (χ2n) is 3.44. The van der Waals surface area contributed by atoms with Crippen LogP contribution in [-0.2, 0) is 13.5 Å². The molecule has 0 fully saturated rings. The number of nitrogens with zero attached hydrogens (tertiary/aromatic N) is 2. The quantitative estimate of drug-likeness (QED) is 0.812. The van der Waals surface area contributed by atoms with E-state index in [1.165, 1.54) is 0 Å². The minimum atomic E-state index is -0.971. The molecule has 1 aromatic heterocycles. The summed E-state index contributed by atoms with van der Waals surface area (Å²) in [6, 6.07) is 5.75. The first-order chi connectivity index (χ1) is 7.15. The molecule has 1 heterocycles. The fraction of sp³-hybridized carbons (Fsp3) is 0.273. The summed E-state index contributed by atoms with van der Waals surface area (Å²) in [6.45, 7) is 2.01. The molecule has 15 heavy (non-hydrogen) atoms. The fourth-order valence-corrected chi connectivity index (χ4v) is 1.83. The Labute approximate surface area is 87.1 Å². The highest BCUT2D eigenvalue weighted by atomic mass is 16.4. The summed E-state index contributed by atoms with van der Waals surface area (Å²) in [5.41, 5.74) is 2.04. The first kappa shape index (κ1) is 9.71. The highest BCUT2D eigenvalue weighted by molar-refractivity contribution is 6.02. The zero-order valence-corrected chi connectivity index (χ0v) is 8.69. The monoisotopic (exact) mass is 204 g/mol. The van der Waals surface area contributed by atoms with E-state index in [1.807, 2.05) is 25.1 Å². The van der Waals surface area contributed by atoms with Crippen LogP contribution in [-0.4, -0.2) is 20.9 Å². The molecule has 4 heteroatoms. The van der Waals surface area contributed by atoms with E-state index in [0.717, 1.165) is 22.9 Å². The maximum Gasteiger partial charge on any atom is 0.357 e. The van der Waals surface area contributed by atoms with E-state index in [9.17, 15) is 4.79 Å². The maximum atomic E-state index is 11.0. The minimum absolute atomic E-state index is 0.143.